The molecule has 9 heteroatoms. The van der Waals surface area contributed by atoms with Crippen LogP contribution in [-0.2, 0) is 6.42 Å². The number of pyridine rings is 1. The average Bonchev–Trinajstić information content (AvgIpc) is 3.31. The number of hydrogen-bond acceptors (Lipinski definition) is 5. The Morgan fingerprint density at radius 1 is 0.912 bits per heavy atom. The normalized spacial score (nSPS) is 11.0. The Bertz CT molecular complexity index is 1580. The third kappa shape index (κ3) is 4.06. The van der Waals surface area contributed by atoms with Crippen molar-refractivity contribution in [2.45, 2.75) is 6.42 Å². The minimum absolute atomic E-state index is 0.00641. The van der Waals surface area contributed by atoms with E-state index < -0.39 is 23.0 Å². The van der Waals surface area contributed by atoms with Gasteiger partial charge in [-0.15, -0.1) is 0 Å². The lowest BCUT2D eigenvalue weighted by molar-refractivity contribution is 0.0991. The second-order valence-electron chi connectivity index (χ2n) is 7.44. The molecule has 5 rings (SSSR count). The molecule has 0 aliphatic heterocycles. The van der Waals surface area contributed by atoms with Gasteiger partial charge in [0.2, 0.25) is 0 Å². The molecule has 0 spiro atoms. The zero-order chi connectivity index (χ0) is 23.7. The number of carbonyl (C=O) groups excluding carboxylic acids is 1. The number of aromatic nitrogens is 4. The van der Waals surface area contributed by atoms with E-state index in [0.717, 1.165) is 4.68 Å². The molecule has 0 unspecified atom stereocenters. The summed E-state index contributed by atoms with van der Waals surface area (Å²) < 4.78 is 36.3. The standard InChI is InChI=1S/C25H16F2N4O3/c26-17-4-6-18(7-5-17)31-25(33)19(9-11-29-31)22(32)15-16-3-8-23(20(27)14-16)34-24-2-1-13-30-21(24)10-12-28-30/h1-14H,15H2. The number of halogens is 2. The van der Waals surface area contributed by atoms with Crippen molar-refractivity contribution in [3.8, 4) is 17.2 Å². The predicted molar refractivity (Wildman–Crippen MR) is 119 cm³/mol. The van der Waals surface area contributed by atoms with Crippen LogP contribution in [-0.4, -0.2) is 25.2 Å². The quantitative estimate of drug-likeness (QED) is 0.353. The maximum Gasteiger partial charge on any atom is 0.282 e. The first-order valence-electron chi connectivity index (χ1n) is 10.3. The van der Waals surface area contributed by atoms with Crippen molar-refractivity contribution in [3.05, 3.63) is 118 Å². The van der Waals surface area contributed by atoms with Crippen LogP contribution in [0.25, 0.3) is 11.2 Å². The van der Waals surface area contributed by atoms with Crippen molar-refractivity contribution in [2.75, 3.05) is 0 Å². The fourth-order valence-electron chi connectivity index (χ4n) is 3.54. The van der Waals surface area contributed by atoms with Crippen LogP contribution < -0.4 is 10.3 Å². The van der Waals surface area contributed by atoms with Crippen LogP contribution in [0.1, 0.15) is 15.9 Å². The van der Waals surface area contributed by atoms with Gasteiger partial charge in [0, 0.05) is 18.8 Å². The highest BCUT2D eigenvalue weighted by atomic mass is 19.1. The molecule has 2 aromatic carbocycles. The molecule has 3 aromatic heterocycles. The summed E-state index contributed by atoms with van der Waals surface area (Å²) in [6.45, 7) is 0. The van der Waals surface area contributed by atoms with Crippen LogP contribution in [0, 0.1) is 11.6 Å². The Kier molecular flexibility index (Phi) is 5.43. The molecule has 7 nitrogen and oxygen atoms in total. The van der Waals surface area contributed by atoms with Crippen molar-refractivity contribution in [1.82, 2.24) is 19.4 Å². The van der Waals surface area contributed by atoms with Crippen LogP contribution in [0.3, 0.4) is 0 Å². The van der Waals surface area contributed by atoms with Crippen molar-refractivity contribution >= 4 is 11.3 Å². The van der Waals surface area contributed by atoms with Crippen LogP contribution >= 0.6 is 0 Å². The number of Topliss-reactive ketones (excluding diaryl/α,β-unsaturated/α-hetero) is 1. The van der Waals surface area contributed by atoms with Gasteiger partial charge in [0.15, 0.2) is 23.1 Å². The van der Waals surface area contributed by atoms with Gasteiger partial charge in [0.05, 0.1) is 17.4 Å². The highest BCUT2D eigenvalue weighted by molar-refractivity contribution is 5.97. The summed E-state index contributed by atoms with van der Waals surface area (Å²) in [6.07, 6.45) is 4.47. The molecule has 0 atom stereocenters. The van der Waals surface area contributed by atoms with E-state index in [-0.39, 0.29) is 17.7 Å². The molecule has 0 aliphatic rings. The second kappa shape index (κ2) is 8.70. The first-order valence-corrected chi connectivity index (χ1v) is 10.3. The van der Waals surface area contributed by atoms with E-state index in [0.29, 0.717) is 22.5 Å². The lowest BCUT2D eigenvalue weighted by atomic mass is 10.0. The first kappa shape index (κ1) is 21.2. The smallest absolute Gasteiger partial charge is 0.282 e. The first-order chi connectivity index (χ1) is 16.5. The Morgan fingerprint density at radius 3 is 2.50 bits per heavy atom. The minimum atomic E-state index is -0.648. The molecule has 34 heavy (non-hydrogen) atoms. The van der Waals surface area contributed by atoms with E-state index >= 15 is 0 Å². The zero-order valence-corrected chi connectivity index (χ0v) is 17.6. The molecule has 0 radical (unpaired) electrons. The molecule has 0 fully saturated rings. The third-order valence-corrected chi connectivity index (χ3v) is 5.20. The topological polar surface area (TPSA) is 78.5 Å². The van der Waals surface area contributed by atoms with Crippen LogP contribution in [0.2, 0.25) is 0 Å². The molecule has 0 bridgehead atoms. The van der Waals surface area contributed by atoms with Gasteiger partial charge in [-0.25, -0.2) is 13.3 Å². The molecule has 3 heterocycles. The van der Waals surface area contributed by atoms with Crippen molar-refractivity contribution in [3.63, 3.8) is 0 Å². The van der Waals surface area contributed by atoms with E-state index in [2.05, 4.69) is 10.2 Å². The maximum absolute atomic E-state index is 14.7. The molecular formula is C25H16F2N4O3. The summed E-state index contributed by atoms with van der Waals surface area (Å²) in [7, 11) is 0. The van der Waals surface area contributed by atoms with E-state index in [1.54, 1.807) is 41.2 Å². The Labute approximate surface area is 191 Å². The summed E-state index contributed by atoms with van der Waals surface area (Å²) in [5, 5.41) is 8.07. The SMILES string of the molecule is O=C(Cc1ccc(Oc2cccn3nccc23)c(F)c1)c1ccnn(-c2ccc(F)cc2)c1=O. The lowest BCUT2D eigenvalue weighted by Crippen LogP contribution is -2.27. The van der Waals surface area contributed by atoms with Gasteiger partial charge in [-0.3, -0.25) is 9.59 Å². The van der Waals surface area contributed by atoms with Gasteiger partial charge < -0.3 is 4.74 Å². The number of rotatable bonds is 6. The average molecular weight is 458 g/mol. The van der Waals surface area contributed by atoms with E-state index in [1.807, 2.05) is 0 Å². The molecule has 5 aromatic rings. The summed E-state index contributed by atoms with van der Waals surface area (Å²) in [4.78, 5) is 25.6. The number of ether oxygens (including phenoxy) is 1. The molecule has 0 saturated heterocycles. The highest BCUT2D eigenvalue weighted by Gasteiger charge is 2.16. The van der Waals surface area contributed by atoms with Crippen molar-refractivity contribution < 1.29 is 18.3 Å². The molecule has 0 aliphatic carbocycles. The van der Waals surface area contributed by atoms with E-state index in [9.17, 15) is 18.4 Å². The molecule has 0 amide bonds. The van der Waals surface area contributed by atoms with Gasteiger partial charge in [0.25, 0.3) is 5.56 Å². The monoisotopic (exact) mass is 458 g/mol. The zero-order valence-electron chi connectivity index (χ0n) is 17.6. The lowest BCUT2D eigenvalue weighted by Gasteiger charge is -2.10. The third-order valence-electron chi connectivity index (χ3n) is 5.20. The molecule has 168 valence electrons. The van der Waals surface area contributed by atoms with E-state index in [4.69, 9.17) is 4.74 Å². The fraction of sp³-hybridized carbons (Fsp3) is 0.0400. The summed E-state index contributed by atoms with van der Waals surface area (Å²) >= 11 is 0. The minimum Gasteiger partial charge on any atom is -0.452 e. The maximum atomic E-state index is 14.7. The number of fused-ring (bicyclic) bond motifs is 1. The summed E-state index contributed by atoms with van der Waals surface area (Å²) in [5.41, 5.74) is 0.626. The van der Waals surface area contributed by atoms with Crippen molar-refractivity contribution in [2.24, 2.45) is 0 Å². The molecule has 0 saturated carbocycles. The van der Waals surface area contributed by atoms with Gasteiger partial charge in [-0.1, -0.05) is 6.07 Å². The number of ketones is 1. The summed E-state index contributed by atoms with van der Waals surface area (Å²) in [6, 6.07) is 15.8. The number of benzene rings is 2. The van der Waals surface area contributed by atoms with Crippen molar-refractivity contribution in [1.29, 1.82) is 0 Å². The second-order valence-corrected chi connectivity index (χ2v) is 7.44. The van der Waals surface area contributed by atoms with Gasteiger partial charge in [-0.05, 0) is 66.2 Å². The van der Waals surface area contributed by atoms with Gasteiger partial charge >= 0.3 is 0 Å². The molecular weight excluding hydrogens is 442 g/mol. The van der Waals surface area contributed by atoms with E-state index in [1.165, 1.54) is 48.7 Å². The Hall–Kier alpha value is -4.66. The van der Waals surface area contributed by atoms with Gasteiger partial charge in [-0.2, -0.15) is 14.9 Å². The Morgan fingerprint density at radius 2 is 1.71 bits per heavy atom. The van der Waals surface area contributed by atoms with Gasteiger partial charge in [0.1, 0.15) is 11.3 Å². The van der Waals surface area contributed by atoms with Crippen LogP contribution in [0.5, 0.6) is 11.5 Å². The van der Waals surface area contributed by atoms with Crippen LogP contribution in [0.15, 0.2) is 90.1 Å². The fourth-order valence-corrected chi connectivity index (χ4v) is 3.54. The molecule has 0 N–H and O–H groups in total. The number of nitrogens with zero attached hydrogens (tertiary/aromatic N) is 4. The number of carbonyl (C=O) groups is 1. The summed E-state index contributed by atoms with van der Waals surface area (Å²) in [5.74, 6) is -1.18. The predicted octanol–water partition coefficient (Wildman–Crippen LogP) is 4.38. The number of hydrogen-bond donors (Lipinski definition) is 0. The van der Waals surface area contributed by atoms with Crippen LogP contribution in [0.4, 0.5) is 8.78 Å². The Balaban J connectivity index is 1.37. The largest absolute Gasteiger partial charge is 0.452 e. The highest BCUT2D eigenvalue weighted by Crippen LogP contribution is 2.28.